The van der Waals surface area contributed by atoms with E-state index in [1.165, 1.54) is 18.3 Å². The molecule has 1 aromatic heterocycles. The molecule has 1 amide bonds. The summed E-state index contributed by atoms with van der Waals surface area (Å²) in [7, 11) is 0. The molecule has 0 fully saturated rings. The normalized spacial score (nSPS) is 11.2. The predicted molar refractivity (Wildman–Crippen MR) is 98.2 cm³/mol. The third-order valence-corrected chi connectivity index (χ3v) is 3.85. The summed E-state index contributed by atoms with van der Waals surface area (Å²) in [6.45, 7) is 0. The predicted octanol–water partition coefficient (Wildman–Crippen LogP) is 4.48. The van der Waals surface area contributed by atoms with Crippen molar-refractivity contribution in [3.63, 3.8) is 0 Å². The molecule has 0 unspecified atom stereocenters. The third kappa shape index (κ3) is 3.94. The smallest absolute Gasteiger partial charge is 0.266 e. The van der Waals surface area contributed by atoms with E-state index in [0.717, 1.165) is 5.52 Å². The van der Waals surface area contributed by atoms with Crippen LogP contribution in [0.4, 0.5) is 5.69 Å². The Labute approximate surface area is 153 Å². The number of halogens is 2. The van der Waals surface area contributed by atoms with Gasteiger partial charge in [0.1, 0.15) is 11.6 Å². The summed E-state index contributed by atoms with van der Waals surface area (Å²) in [4.78, 5) is 20.9. The van der Waals surface area contributed by atoms with E-state index in [-0.39, 0.29) is 10.6 Å². The zero-order valence-electron chi connectivity index (χ0n) is 12.7. The van der Waals surface area contributed by atoms with Crippen LogP contribution >= 0.6 is 23.2 Å². The van der Waals surface area contributed by atoms with Gasteiger partial charge < -0.3 is 5.32 Å². The zero-order valence-corrected chi connectivity index (χ0v) is 14.2. The van der Waals surface area contributed by atoms with Gasteiger partial charge in [-0.3, -0.25) is 9.78 Å². The summed E-state index contributed by atoms with van der Waals surface area (Å²) in [6, 6.07) is 13.8. The molecular formula is C18H10Cl2N4O. The van der Waals surface area contributed by atoms with Gasteiger partial charge in [-0.2, -0.15) is 5.26 Å². The molecule has 2 aromatic carbocycles. The number of nitrogens with zero attached hydrogens (tertiary/aromatic N) is 3. The molecule has 0 atom stereocenters. The van der Waals surface area contributed by atoms with Gasteiger partial charge in [-0.25, -0.2) is 4.98 Å². The van der Waals surface area contributed by atoms with E-state index in [0.29, 0.717) is 21.9 Å². The highest BCUT2D eigenvalue weighted by Crippen LogP contribution is 2.25. The molecule has 0 aliphatic rings. The fourth-order valence-corrected chi connectivity index (χ4v) is 2.57. The summed E-state index contributed by atoms with van der Waals surface area (Å²) in [5.74, 6) is -0.596. The molecule has 0 radical (unpaired) electrons. The van der Waals surface area contributed by atoms with Crippen LogP contribution in [0.15, 0.2) is 54.2 Å². The Kier molecular flexibility index (Phi) is 4.94. The van der Waals surface area contributed by atoms with E-state index in [4.69, 9.17) is 23.2 Å². The number of nitriles is 1. The maximum Gasteiger partial charge on any atom is 0.266 e. The number of nitrogens with one attached hydrogen (secondary N) is 1. The minimum Gasteiger partial charge on any atom is -0.320 e. The molecular weight excluding hydrogens is 359 g/mol. The van der Waals surface area contributed by atoms with Gasteiger partial charge in [-0.05, 0) is 36.4 Å². The van der Waals surface area contributed by atoms with Crippen molar-refractivity contribution in [2.75, 3.05) is 5.32 Å². The van der Waals surface area contributed by atoms with E-state index in [1.54, 1.807) is 18.2 Å². The number of hydrogen-bond donors (Lipinski definition) is 1. The van der Waals surface area contributed by atoms with E-state index in [1.807, 2.05) is 24.3 Å². The Balaban J connectivity index is 1.88. The Morgan fingerprint density at radius 1 is 1.16 bits per heavy atom. The first kappa shape index (κ1) is 16.9. The van der Waals surface area contributed by atoms with Crippen molar-refractivity contribution in [3.05, 3.63) is 70.0 Å². The monoisotopic (exact) mass is 368 g/mol. The summed E-state index contributed by atoms with van der Waals surface area (Å²) in [5, 5.41) is 12.6. The molecule has 0 saturated heterocycles. The molecule has 5 nitrogen and oxygen atoms in total. The fraction of sp³-hybridized carbons (Fsp3) is 0. The highest BCUT2D eigenvalue weighted by atomic mass is 35.5. The number of benzene rings is 2. The van der Waals surface area contributed by atoms with Crippen molar-refractivity contribution < 1.29 is 4.79 Å². The van der Waals surface area contributed by atoms with Crippen LogP contribution in [-0.2, 0) is 4.79 Å². The lowest BCUT2D eigenvalue weighted by atomic mass is 10.2. The first-order valence-corrected chi connectivity index (χ1v) is 7.92. The zero-order chi connectivity index (χ0) is 17.8. The quantitative estimate of drug-likeness (QED) is 0.545. The summed E-state index contributed by atoms with van der Waals surface area (Å²) in [5.41, 5.74) is 2.07. The average molecular weight is 369 g/mol. The van der Waals surface area contributed by atoms with Gasteiger partial charge in [0.2, 0.25) is 0 Å². The molecule has 0 saturated carbocycles. The molecule has 0 aliphatic carbocycles. The molecule has 0 aliphatic heterocycles. The Bertz CT molecular complexity index is 1040. The molecule has 1 N–H and O–H groups in total. The second-order valence-corrected chi connectivity index (χ2v) is 5.88. The average Bonchev–Trinajstić information content (AvgIpc) is 2.61. The number of rotatable bonds is 3. The largest absolute Gasteiger partial charge is 0.320 e. The van der Waals surface area contributed by atoms with E-state index in [9.17, 15) is 10.1 Å². The van der Waals surface area contributed by atoms with Crippen LogP contribution in [0.5, 0.6) is 0 Å². The molecule has 122 valence electrons. The van der Waals surface area contributed by atoms with Crippen molar-refractivity contribution in [2.45, 2.75) is 0 Å². The van der Waals surface area contributed by atoms with E-state index >= 15 is 0 Å². The van der Waals surface area contributed by atoms with Gasteiger partial charge in [0.15, 0.2) is 0 Å². The third-order valence-electron chi connectivity index (χ3n) is 3.30. The van der Waals surface area contributed by atoms with Gasteiger partial charge in [-0.15, -0.1) is 0 Å². The first-order chi connectivity index (χ1) is 12.1. The second-order valence-electron chi connectivity index (χ2n) is 5.03. The topological polar surface area (TPSA) is 78.7 Å². The van der Waals surface area contributed by atoms with Gasteiger partial charge in [0.25, 0.3) is 5.91 Å². The number of para-hydroxylation sites is 2. The summed E-state index contributed by atoms with van der Waals surface area (Å²) >= 11 is 11.8. The molecule has 7 heteroatoms. The molecule has 3 rings (SSSR count). The Hall–Kier alpha value is -2.94. The van der Waals surface area contributed by atoms with Crippen molar-refractivity contribution in [3.8, 4) is 6.07 Å². The van der Waals surface area contributed by atoms with Gasteiger partial charge in [0, 0.05) is 5.02 Å². The lowest BCUT2D eigenvalue weighted by Crippen LogP contribution is -2.13. The van der Waals surface area contributed by atoms with Crippen LogP contribution in [0.1, 0.15) is 5.69 Å². The van der Waals surface area contributed by atoms with Crippen molar-refractivity contribution in [2.24, 2.45) is 0 Å². The first-order valence-electron chi connectivity index (χ1n) is 7.17. The molecule has 3 aromatic rings. The Morgan fingerprint density at radius 3 is 2.64 bits per heavy atom. The van der Waals surface area contributed by atoms with Gasteiger partial charge in [-0.1, -0.05) is 35.3 Å². The second kappa shape index (κ2) is 7.31. The standard InChI is InChI=1S/C18H10Cl2N4O/c19-12-5-6-15(14(20)8-12)24-18(25)11(9-21)7-13-10-22-16-3-1-2-4-17(16)23-13/h1-8,10H,(H,24,25)/b11-7+. The number of carbonyl (C=O) groups excluding carboxylic acids is 1. The van der Waals surface area contributed by atoms with Crippen LogP contribution in [0.25, 0.3) is 17.1 Å². The molecule has 1 heterocycles. The minimum absolute atomic E-state index is 0.115. The number of hydrogen-bond acceptors (Lipinski definition) is 4. The number of fused-ring (bicyclic) bond motifs is 1. The highest BCUT2D eigenvalue weighted by Gasteiger charge is 2.12. The van der Waals surface area contributed by atoms with Gasteiger partial charge >= 0.3 is 0 Å². The van der Waals surface area contributed by atoms with Gasteiger partial charge in [0.05, 0.1) is 33.6 Å². The number of anilines is 1. The number of amides is 1. The maximum atomic E-state index is 12.3. The Morgan fingerprint density at radius 2 is 1.92 bits per heavy atom. The van der Waals surface area contributed by atoms with Crippen LogP contribution < -0.4 is 5.32 Å². The summed E-state index contributed by atoms with van der Waals surface area (Å²) in [6.07, 6.45) is 2.88. The van der Waals surface area contributed by atoms with Crippen molar-refractivity contribution in [1.29, 1.82) is 5.26 Å². The maximum absolute atomic E-state index is 12.3. The van der Waals surface area contributed by atoms with Crippen molar-refractivity contribution >= 4 is 51.9 Å². The van der Waals surface area contributed by atoms with Crippen LogP contribution in [0, 0.1) is 11.3 Å². The van der Waals surface area contributed by atoms with E-state index < -0.39 is 5.91 Å². The summed E-state index contributed by atoms with van der Waals surface area (Å²) < 4.78 is 0. The lowest BCUT2D eigenvalue weighted by molar-refractivity contribution is -0.112. The fourth-order valence-electron chi connectivity index (χ4n) is 2.12. The van der Waals surface area contributed by atoms with Crippen LogP contribution in [0.3, 0.4) is 0 Å². The highest BCUT2D eigenvalue weighted by molar-refractivity contribution is 6.36. The number of aromatic nitrogens is 2. The lowest BCUT2D eigenvalue weighted by Gasteiger charge is -2.06. The molecule has 25 heavy (non-hydrogen) atoms. The van der Waals surface area contributed by atoms with Crippen LogP contribution in [0.2, 0.25) is 10.0 Å². The molecule has 0 bridgehead atoms. The minimum atomic E-state index is -0.596. The number of carbonyl (C=O) groups is 1. The van der Waals surface area contributed by atoms with Crippen LogP contribution in [-0.4, -0.2) is 15.9 Å². The molecule has 0 spiro atoms. The SMILES string of the molecule is N#C/C(=C\c1cnc2ccccc2n1)C(=O)Nc1ccc(Cl)cc1Cl. The van der Waals surface area contributed by atoms with E-state index in [2.05, 4.69) is 15.3 Å². The van der Waals surface area contributed by atoms with Crippen molar-refractivity contribution in [1.82, 2.24) is 9.97 Å².